The SMILES string of the molecule is COc1cc2c(cc1OCCCn1ccnc1)Cc1c-2n[nH]c1Nc1ccc(F)c(Cl)c1. The Morgan fingerprint density at radius 1 is 1.25 bits per heavy atom. The van der Waals surface area contributed by atoms with Crippen LogP contribution < -0.4 is 14.8 Å². The quantitative estimate of drug-likeness (QED) is 0.316. The van der Waals surface area contributed by atoms with Crippen molar-refractivity contribution in [3.8, 4) is 22.8 Å². The van der Waals surface area contributed by atoms with Crippen LogP contribution in [0.4, 0.5) is 15.9 Å². The van der Waals surface area contributed by atoms with E-state index in [1.54, 1.807) is 31.8 Å². The molecule has 0 bridgehead atoms. The second-order valence-electron chi connectivity index (χ2n) is 7.52. The van der Waals surface area contributed by atoms with Crippen LogP contribution in [0.2, 0.25) is 5.02 Å². The second-order valence-corrected chi connectivity index (χ2v) is 7.93. The number of anilines is 2. The van der Waals surface area contributed by atoms with Crippen molar-refractivity contribution in [2.24, 2.45) is 0 Å². The molecule has 4 aromatic rings. The summed E-state index contributed by atoms with van der Waals surface area (Å²) in [6.45, 7) is 1.40. The van der Waals surface area contributed by atoms with Crippen molar-refractivity contribution < 1.29 is 13.9 Å². The Balaban J connectivity index is 1.32. The highest BCUT2D eigenvalue weighted by Gasteiger charge is 2.27. The third kappa shape index (κ3) is 3.89. The molecule has 1 aliphatic rings. The van der Waals surface area contributed by atoms with Crippen molar-refractivity contribution in [2.75, 3.05) is 19.0 Å². The molecule has 0 amide bonds. The van der Waals surface area contributed by atoms with E-state index in [1.165, 1.54) is 6.07 Å². The fraction of sp³-hybridized carbons (Fsp3) is 0.217. The molecule has 1 aliphatic carbocycles. The number of hydrogen-bond acceptors (Lipinski definition) is 5. The zero-order valence-corrected chi connectivity index (χ0v) is 18.1. The van der Waals surface area contributed by atoms with Crippen LogP contribution in [0.25, 0.3) is 11.3 Å². The summed E-state index contributed by atoms with van der Waals surface area (Å²) in [5.41, 5.74) is 4.69. The maximum atomic E-state index is 13.5. The maximum Gasteiger partial charge on any atom is 0.161 e. The highest BCUT2D eigenvalue weighted by molar-refractivity contribution is 6.31. The van der Waals surface area contributed by atoms with Gasteiger partial charge in [0.25, 0.3) is 0 Å². The number of imidazole rings is 1. The van der Waals surface area contributed by atoms with Gasteiger partial charge in [-0.05, 0) is 42.3 Å². The van der Waals surface area contributed by atoms with Crippen LogP contribution in [-0.4, -0.2) is 33.5 Å². The lowest BCUT2D eigenvalue weighted by Crippen LogP contribution is -2.04. The summed E-state index contributed by atoms with van der Waals surface area (Å²) >= 11 is 5.90. The van der Waals surface area contributed by atoms with Gasteiger partial charge in [-0.25, -0.2) is 9.37 Å². The van der Waals surface area contributed by atoms with E-state index < -0.39 is 5.82 Å². The van der Waals surface area contributed by atoms with Crippen molar-refractivity contribution in [2.45, 2.75) is 19.4 Å². The third-order valence-electron chi connectivity index (χ3n) is 5.45. The first-order valence-electron chi connectivity index (χ1n) is 10.2. The van der Waals surface area contributed by atoms with Gasteiger partial charge in [0.2, 0.25) is 0 Å². The summed E-state index contributed by atoms with van der Waals surface area (Å²) in [6.07, 6.45) is 7.03. The van der Waals surface area contributed by atoms with E-state index in [1.807, 2.05) is 22.9 Å². The Morgan fingerprint density at radius 3 is 2.94 bits per heavy atom. The smallest absolute Gasteiger partial charge is 0.161 e. The van der Waals surface area contributed by atoms with E-state index in [9.17, 15) is 4.39 Å². The van der Waals surface area contributed by atoms with Gasteiger partial charge in [-0.3, -0.25) is 5.10 Å². The van der Waals surface area contributed by atoms with Gasteiger partial charge in [0.1, 0.15) is 11.6 Å². The Hall–Kier alpha value is -3.52. The van der Waals surface area contributed by atoms with Crippen LogP contribution in [0.5, 0.6) is 11.5 Å². The minimum Gasteiger partial charge on any atom is -0.493 e. The zero-order chi connectivity index (χ0) is 22.1. The normalized spacial score (nSPS) is 11.8. The number of ether oxygens (including phenoxy) is 2. The van der Waals surface area contributed by atoms with Gasteiger partial charge in [0, 0.05) is 42.2 Å². The number of benzene rings is 2. The van der Waals surface area contributed by atoms with Crippen LogP contribution in [0.3, 0.4) is 0 Å². The number of nitrogens with one attached hydrogen (secondary N) is 2. The van der Waals surface area contributed by atoms with Crippen LogP contribution in [-0.2, 0) is 13.0 Å². The van der Waals surface area contributed by atoms with Crippen molar-refractivity contribution >= 4 is 23.1 Å². The molecule has 0 radical (unpaired) electrons. The number of aryl methyl sites for hydroxylation is 1. The van der Waals surface area contributed by atoms with Gasteiger partial charge < -0.3 is 19.4 Å². The van der Waals surface area contributed by atoms with Gasteiger partial charge in [-0.2, -0.15) is 5.10 Å². The van der Waals surface area contributed by atoms with Crippen molar-refractivity contribution in [3.63, 3.8) is 0 Å². The number of nitrogens with zero attached hydrogens (tertiary/aromatic N) is 3. The average Bonchev–Trinajstić information content (AvgIpc) is 3.51. The first-order chi connectivity index (χ1) is 15.6. The molecule has 0 fully saturated rings. The number of fused-ring (bicyclic) bond motifs is 3. The van der Waals surface area contributed by atoms with E-state index in [0.717, 1.165) is 41.2 Å². The highest BCUT2D eigenvalue weighted by Crippen LogP contribution is 2.44. The van der Waals surface area contributed by atoms with E-state index in [0.29, 0.717) is 30.2 Å². The number of methoxy groups -OCH3 is 1. The molecule has 0 saturated carbocycles. The molecule has 2 heterocycles. The topological polar surface area (TPSA) is 77.0 Å². The fourth-order valence-electron chi connectivity index (χ4n) is 3.86. The molecule has 5 rings (SSSR count). The Labute approximate surface area is 189 Å². The third-order valence-corrected chi connectivity index (χ3v) is 5.73. The van der Waals surface area contributed by atoms with Gasteiger partial charge >= 0.3 is 0 Å². The van der Waals surface area contributed by atoms with E-state index in [4.69, 9.17) is 21.1 Å². The lowest BCUT2D eigenvalue weighted by Gasteiger charge is -2.13. The molecule has 0 spiro atoms. The van der Waals surface area contributed by atoms with E-state index in [2.05, 4.69) is 20.5 Å². The van der Waals surface area contributed by atoms with Gasteiger partial charge in [-0.1, -0.05) is 11.6 Å². The number of hydrogen-bond donors (Lipinski definition) is 2. The molecule has 0 aliphatic heterocycles. The summed E-state index contributed by atoms with van der Waals surface area (Å²) in [5.74, 6) is 1.68. The molecule has 9 heteroatoms. The maximum absolute atomic E-state index is 13.5. The number of rotatable bonds is 8. The minimum absolute atomic E-state index is 0.0639. The van der Waals surface area contributed by atoms with Gasteiger partial charge in [0.05, 0.1) is 30.8 Å². The van der Waals surface area contributed by atoms with Crippen molar-refractivity contribution in [3.05, 3.63) is 71.0 Å². The van der Waals surface area contributed by atoms with Gasteiger partial charge in [-0.15, -0.1) is 0 Å². The van der Waals surface area contributed by atoms with E-state index in [-0.39, 0.29) is 5.02 Å². The molecule has 2 aromatic heterocycles. The lowest BCUT2D eigenvalue weighted by atomic mass is 10.1. The summed E-state index contributed by atoms with van der Waals surface area (Å²) in [4.78, 5) is 4.05. The monoisotopic (exact) mass is 453 g/mol. The molecule has 2 N–H and O–H groups in total. The predicted molar refractivity (Wildman–Crippen MR) is 120 cm³/mol. The summed E-state index contributed by atoms with van der Waals surface area (Å²) in [5, 5.41) is 10.8. The van der Waals surface area contributed by atoms with Crippen LogP contribution >= 0.6 is 11.6 Å². The van der Waals surface area contributed by atoms with Gasteiger partial charge in [0.15, 0.2) is 11.5 Å². The van der Waals surface area contributed by atoms with Crippen LogP contribution in [0, 0.1) is 5.82 Å². The van der Waals surface area contributed by atoms with Crippen LogP contribution in [0.15, 0.2) is 49.1 Å². The first-order valence-corrected chi connectivity index (χ1v) is 10.6. The second kappa shape index (κ2) is 8.55. The molecule has 2 aromatic carbocycles. The standard InChI is InChI=1S/C23H21ClFN5O2/c1-31-20-12-16-14(10-21(20)32-8-2-6-30-7-5-26-13-30)9-17-22(16)28-29-23(17)27-15-3-4-19(25)18(24)11-15/h3-5,7,10-13H,2,6,8-9H2,1H3,(H2,27,28,29). The molecule has 164 valence electrons. The first kappa shape index (κ1) is 20.4. The minimum atomic E-state index is -0.455. The average molecular weight is 454 g/mol. The lowest BCUT2D eigenvalue weighted by molar-refractivity contribution is 0.282. The molecule has 0 saturated heterocycles. The Morgan fingerprint density at radius 2 is 2.16 bits per heavy atom. The molecule has 32 heavy (non-hydrogen) atoms. The number of halogens is 2. The molecule has 7 nitrogen and oxygen atoms in total. The molecule has 0 unspecified atom stereocenters. The predicted octanol–water partition coefficient (Wildman–Crippen LogP) is 5.19. The van der Waals surface area contributed by atoms with E-state index >= 15 is 0 Å². The largest absolute Gasteiger partial charge is 0.493 e. The molecular formula is C23H21ClFN5O2. The molecular weight excluding hydrogens is 433 g/mol. The summed E-state index contributed by atoms with van der Waals surface area (Å²) in [6, 6.07) is 8.49. The highest BCUT2D eigenvalue weighted by atomic mass is 35.5. The fourth-order valence-corrected chi connectivity index (χ4v) is 4.04. The van der Waals surface area contributed by atoms with Crippen molar-refractivity contribution in [1.82, 2.24) is 19.7 Å². The number of aromatic nitrogens is 4. The number of H-pyrrole nitrogens is 1. The number of aromatic amines is 1. The summed E-state index contributed by atoms with van der Waals surface area (Å²) in [7, 11) is 1.63. The van der Waals surface area contributed by atoms with Crippen molar-refractivity contribution in [1.29, 1.82) is 0 Å². The summed E-state index contributed by atoms with van der Waals surface area (Å²) < 4.78 is 27.1. The Kier molecular flexibility index (Phi) is 5.45. The Bertz CT molecular complexity index is 1260. The zero-order valence-electron chi connectivity index (χ0n) is 17.4. The molecule has 0 atom stereocenters. The van der Waals surface area contributed by atoms with Crippen LogP contribution in [0.1, 0.15) is 17.5 Å².